The first-order valence-electron chi connectivity index (χ1n) is 4.15. The molecule has 0 spiro atoms. The lowest BCUT2D eigenvalue weighted by Crippen LogP contribution is -2.23. The van der Waals surface area contributed by atoms with Crippen LogP contribution >= 0.6 is 0 Å². The third-order valence-corrected chi connectivity index (χ3v) is 2.25. The average Bonchev–Trinajstić information content (AvgIpc) is 2.04. The Kier molecular flexibility index (Phi) is 1.66. The zero-order valence-electron chi connectivity index (χ0n) is 6.85. The number of fused-ring (bicyclic) bond motifs is 1. The van der Waals surface area contributed by atoms with Gasteiger partial charge in [0.05, 0.1) is 0 Å². The molecule has 0 aromatic heterocycles. The van der Waals surface area contributed by atoms with E-state index in [0.717, 1.165) is 13.1 Å². The molecule has 1 aromatic rings. The molecule has 0 unspecified atom stereocenters. The number of rotatable bonds is 0. The van der Waals surface area contributed by atoms with Crippen LogP contribution in [0.25, 0.3) is 0 Å². The standard InChI is InChI=1S/C10H13N/c1-8-2-3-10-7-11-5-4-9(10)6-8/h2-3,6,11H,4-5,7H2,1H3. The molecule has 2 rings (SSSR count). The second-order valence-electron chi connectivity index (χ2n) is 3.20. The van der Waals surface area contributed by atoms with E-state index in [-0.39, 0.29) is 0 Å². The zero-order chi connectivity index (χ0) is 7.68. The fourth-order valence-electron chi connectivity index (χ4n) is 1.61. The van der Waals surface area contributed by atoms with Crippen molar-refractivity contribution in [3.63, 3.8) is 0 Å². The number of hydrogen-bond acceptors (Lipinski definition) is 1. The topological polar surface area (TPSA) is 12.0 Å². The van der Waals surface area contributed by atoms with Crippen molar-refractivity contribution >= 4 is 0 Å². The molecule has 1 aliphatic rings. The smallest absolute Gasteiger partial charge is 0.0208 e. The normalized spacial score (nSPS) is 16.1. The van der Waals surface area contributed by atoms with Crippen molar-refractivity contribution in [3.05, 3.63) is 34.9 Å². The Morgan fingerprint density at radius 2 is 2.18 bits per heavy atom. The molecule has 0 atom stereocenters. The van der Waals surface area contributed by atoms with Crippen LogP contribution in [0.15, 0.2) is 18.2 Å². The molecule has 0 amide bonds. The maximum Gasteiger partial charge on any atom is 0.0208 e. The highest BCUT2D eigenvalue weighted by Gasteiger charge is 2.06. The van der Waals surface area contributed by atoms with Crippen LogP contribution in [-0.4, -0.2) is 6.54 Å². The predicted molar refractivity (Wildman–Crippen MR) is 46.6 cm³/mol. The van der Waals surface area contributed by atoms with E-state index in [1.165, 1.54) is 23.1 Å². The summed E-state index contributed by atoms with van der Waals surface area (Å²) in [6.45, 7) is 4.34. The SMILES string of the molecule is Cc1ccc2c(c1)CCNC2. The molecule has 58 valence electrons. The van der Waals surface area contributed by atoms with Crippen molar-refractivity contribution in [2.24, 2.45) is 0 Å². The molecule has 1 aromatic carbocycles. The first-order chi connectivity index (χ1) is 5.36. The molecule has 1 nitrogen and oxygen atoms in total. The molecule has 11 heavy (non-hydrogen) atoms. The van der Waals surface area contributed by atoms with Crippen molar-refractivity contribution < 1.29 is 0 Å². The third-order valence-electron chi connectivity index (χ3n) is 2.25. The van der Waals surface area contributed by atoms with Crippen LogP contribution in [0.3, 0.4) is 0 Å². The van der Waals surface area contributed by atoms with Gasteiger partial charge in [0.2, 0.25) is 0 Å². The van der Waals surface area contributed by atoms with Gasteiger partial charge < -0.3 is 5.32 Å². The van der Waals surface area contributed by atoms with Crippen LogP contribution in [0.2, 0.25) is 0 Å². The van der Waals surface area contributed by atoms with E-state index in [4.69, 9.17) is 0 Å². The van der Waals surface area contributed by atoms with Crippen molar-refractivity contribution in [1.82, 2.24) is 5.32 Å². The maximum atomic E-state index is 3.36. The summed E-state index contributed by atoms with van der Waals surface area (Å²) in [5.74, 6) is 0. The fourth-order valence-corrected chi connectivity index (χ4v) is 1.61. The van der Waals surface area contributed by atoms with E-state index in [1.807, 2.05) is 0 Å². The molecule has 1 N–H and O–H groups in total. The number of nitrogens with one attached hydrogen (secondary N) is 1. The number of benzene rings is 1. The zero-order valence-corrected chi connectivity index (χ0v) is 6.85. The second-order valence-corrected chi connectivity index (χ2v) is 3.20. The molecule has 1 heterocycles. The van der Waals surface area contributed by atoms with E-state index < -0.39 is 0 Å². The Bertz CT molecular complexity index is 266. The summed E-state index contributed by atoms with van der Waals surface area (Å²) in [6, 6.07) is 6.72. The van der Waals surface area contributed by atoms with Gasteiger partial charge >= 0.3 is 0 Å². The van der Waals surface area contributed by atoms with Gasteiger partial charge in [0, 0.05) is 6.54 Å². The van der Waals surface area contributed by atoms with E-state index in [1.54, 1.807) is 0 Å². The Morgan fingerprint density at radius 3 is 3.09 bits per heavy atom. The summed E-state index contributed by atoms with van der Waals surface area (Å²) in [6.07, 6.45) is 1.19. The lowest BCUT2D eigenvalue weighted by Gasteiger charge is -2.16. The monoisotopic (exact) mass is 147 g/mol. The molecule has 0 bridgehead atoms. The van der Waals surface area contributed by atoms with Crippen LogP contribution in [0, 0.1) is 6.92 Å². The minimum Gasteiger partial charge on any atom is -0.312 e. The van der Waals surface area contributed by atoms with Crippen molar-refractivity contribution in [1.29, 1.82) is 0 Å². The lowest BCUT2D eigenvalue weighted by atomic mass is 9.99. The first-order valence-corrected chi connectivity index (χ1v) is 4.15. The van der Waals surface area contributed by atoms with Gasteiger partial charge in [0.1, 0.15) is 0 Å². The Balaban J connectivity index is 2.43. The molecule has 1 aliphatic heterocycles. The van der Waals surface area contributed by atoms with Crippen LogP contribution < -0.4 is 5.32 Å². The van der Waals surface area contributed by atoms with Crippen LogP contribution in [0.4, 0.5) is 0 Å². The van der Waals surface area contributed by atoms with Gasteiger partial charge in [-0.05, 0) is 31.0 Å². The van der Waals surface area contributed by atoms with E-state index in [0.29, 0.717) is 0 Å². The van der Waals surface area contributed by atoms with Crippen molar-refractivity contribution in [3.8, 4) is 0 Å². The first kappa shape index (κ1) is 6.86. The molecular weight excluding hydrogens is 134 g/mol. The molecule has 0 fully saturated rings. The summed E-state index contributed by atoms with van der Waals surface area (Å²) in [4.78, 5) is 0. The van der Waals surface area contributed by atoms with Gasteiger partial charge in [-0.15, -0.1) is 0 Å². The molecule has 0 saturated heterocycles. The summed E-state index contributed by atoms with van der Waals surface area (Å²) < 4.78 is 0. The molecular formula is C10H13N. The predicted octanol–water partition coefficient (Wildman–Crippen LogP) is 1.64. The average molecular weight is 147 g/mol. The van der Waals surface area contributed by atoms with Gasteiger partial charge in [-0.25, -0.2) is 0 Å². The third kappa shape index (κ3) is 1.29. The fraction of sp³-hybridized carbons (Fsp3) is 0.400. The van der Waals surface area contributed by atoms with Gasteiger partial charge in [-0.2, -0.15) is 0 Å². The maximum absolute atomic E-state index is 3.36. The highest BCUT2D eigenvalue weighted by molar-refractivity contribution is 5.32. The Hall–Kier alpha value is -0.820. The summed E-state index contributed by atoms with van der Waals surface area (Å²) >= 11 is 0. The highest BCUT2D eigenvalue weighted by Crippen LogP contribution is 2.14. The summed E-state index contributed by atoms with van der Waals surface area (Å²) in [5.41, 5.74) is 4.39. The van der Waals surface area contributed by atoms with E-state index >= 15 is 0 Å². The number of aryl methyl sites for hydroxylation is 1. The van der Waals surface area contributed by atoms with Gasteiger partial charge in [0.25, 0.3) is 0 Å². The van der Waals surface area contributed by atoms with Crippen molar-refractivity contribution in [2.45, 2.75) is 19.9 Å². The molecule has 0 radical (unpaired) electrons. The largest absolute Gasteiger partial charge is 0.312 e. The van der Waals surface area contributed by atoms with Crippen molar-refractivity contribution in [2.75, 3.05) is 6.54 Å². The number of hydrogen-bond donors (Lipinski definition) is 1. The minimum atomic E-state index is 1.05. The minimum absolute atomic E-state index is 1.05. The highest BCUT2D eigenvalue weighted by atomic mass is 14.9. The second kappa shape index (κ2) is 2.67. The molecule has 1 heteroatoms. The molecule has 0 saturated carbocycles. The molecule has 0 aliphatic carbocycles. The quantitative estimate of drug-likeness (QED) is 0.588. The van der Waals surface area contributed by atoms with E-state index in [9.17, 15) is 0 Å². The van der Waals surface area contributed by atoms with Gasteiger partial charge in [-0.1, -0.05) is 23.8 Å². The summed E-state index contributed by atoms with van der Waals surface area (Å²) in [7, 11) is 0. The van der Waals surface area contributed by atoms with Crippen LogP contribution in [0.5, 0.6) is 0 Å². The van der Waals surface area contributed by atoms with Gasteiger partial charge in [0.15, 0.2) is 0 Å². The lowest BCUT2D eigenvalue weighted by molar-refractivity contribution is 0.643. The summed E-state index contributed by atoms with van der Waals surface area (Å²) in [5, 5.41) is 3.36. The van der Waals surface area contributed by atoms with Crippen LogP contribution in [0.1, 0.15) is 16.7 Å². The van der Waals surface area contributed by atoms with E-state index in [2.05, 4.69) is 30.4 Å². The Labute approximate surface area is 67.4 Å². The van der Waals surface area contributed by atoms with Gasteiger partial charge in [-0.3, -0.25) is 0 Å². The Morgan fingerprint density at radius 1 is 1.27 bits per heavy atom. The van der Waals surface area contributed by atoms with Crippen LogP contribution in [-0.2, 0) is 13.0 Å².